The smallest absolute Gasteiger partial charge is 0.291 e. The van der Waals surface area contributed by atoms with Crippen LogP contribution in [0.3, 0.4) is 0 Å². The molecule has 1 N–H and O–H groups in total. The lowest BCUT2D eigenvalue weighted by atomic mass is 9.98. The molecular formula is C26H20ClNO5. The third-order valence-corrected chi connectivity index (χ3v) is 6.13. The predicted molar refractivity (Wildman–Crippen MR) is 125 cm³/mol. The highest BCUT2D eigenvalue weighted by atomic mass is 35.5. The molecule has 0 saturated heterocycles. The third kappa shape index (κ3) is 3.67. The number of benzene rings is 3. The van der Waals surface area contributed by atoms with Crippen molar-refractivity contribution in [2.45, 2.75) is 12.1 Å². The molecule has 0 unspecified atom stereocenters. The summed E-state index contributed by atoms with van der Waals surface area (Å²) in [6.45, 7) is -0.0224. The number of fused-ring (bicyclic) bond motifs is 2. The van der Waals surface area contributed by atoms with E-state index in [0.717, 1.165) is 0 Å². The number of amides is 1. The van der Waals surface area contributed by atoms with Gasteiger partial charge in [0.2, 0.25) is 5.76 Å². The van der Waals surface area contributed by atoms with Crippen LogP contribution in [0.25, 0.3) is 11.0 Å². The van der Waals surface area contributed by atoms with Gasteiger partial charge in [-0.1, -0.05) is 54.1 Å². The Morgan fingerprint density at radius 1 is 1.06 bits per heavy atom. The van der Waals surface area contributed by atoms with Crippen molar-refractivity contribution >= 4 is 28.5 Å². The van der Waals surface area contributed by atoms with Crippen molar-refractivity contribution in [3.8, 4) is 5.75 Å². The summed E-state index contributed by atoms with van der Waals surface area (Å²) in [4.78, 5) is 28.5. The van der Waals surface area contributed by atoms with Gasteiger partial charge in [0, 0.05) is 5.02 Å². The molecule has 0 aliphatic carbocycles. The number of β-amino-alcohol motifs (C(OH)–C–C–N with tert-alkyl or cyclic N) is 1. The molecule has 0 radical (unpaired) electrons. The number of rotatable bonds is 5. The van der Waals surface area contributed by atoms with Gasteiger partial charge in [0.25, 0.3) is 5.91 Å². The van der Waals surface area contributed by atoms with Crippen LogP contribution in [-0.4, -0.2) is 29.6 Å². The van der Waals surface area contributed by atoms with Crippen LogP contribution in [0.2, 0.25) is 5.02 Å². The average Bonchev–Trinajstić information content (AvgIpc) is 3.12. The van der Waals surface area contributed by atoms with E-state index < -0.39 is 18.1 Å². The van der Waals surface area contributed by atoms with Crippen molar-refractivity contribution in [1.82, 2.24) is 4.90 Å². The molecule has 0 spiro atoms. The zero-order valence-electron chi connectivity index (χ0n) is 17.7. The first-order valence-corrected chi connectivity index (χ1v) is 10.8. The van der Waals surface area contributed by atoms with Crippen molar-refractivity contribution in [2.24, 2.45) is 0 Å². The Balaban J connectivity index is 1.69. The normalized spacial score (nSPS) is 16.2. The molecule has 4 aromatic rings. The van der Waals surface area contributed by atoms with Gasteiger partial charge in [-0.2, -0.15) is 0 Å². The van der Waals surface area contributed by atoms with Crippen LogP contribution in [-0.2, 0) is 0 Å². The minimum Gasteiger partial charge on any atom is -0.497 e. The average molecular weight is 462 g/mol. The van der Waals surface area contributed by atoms with Crippen LogP contribution in [0.15, 0.2) is 82.0 Å². The lowest BCUT2D eigenvalue weighted by Crippen LogP contribution is -2.33. The van der Waals surface area contributed by atoms with Gasteiger partial charge in [0.15, 0.2) is 5.43 Å². The van der Waals surface area contributed by atoms with E-state index in [1.807, 2.05) is 24.3 Å². The molecule has 166 valence electrons. The van der Waals surface area contributed by atoms with E-state index in [2.05, 4.69) is 0 Å². The van der Waals surface area contributed by atoms with Gasteiger partial charge in [0.1, 0.15) is 11.3 Å². The third-order valence-electron chi connectivity index (χ3n) is 5.89. The Bertz CT molecular complexity index is 1420. The van der Waals surface area contributed by atoms with E-state index in [1.165, 1.54) is 11.0 Å². The first kappa shape index (κ1) is 21.2. The van der Waals surface area contributed by atoms with Gasteiger partial charge >= 0.3 is 0 Å². The molecule has 7 heteroatoms. The molecule has 3 aromatic carbocycles. The van der Waals surface area contributed by atoms with E-state index in [4.69, 9.17) is 20.8 Å². The highest BCUT2D eigenvalue weighted by Gasteiger charge is 2.43. The Labute approximate surface area is 194 Å². The summed E-state index contributed by atoms with van der Waals surface area (Å²) in [5.74, 6) is 0.106. The molecule has 1 aliphatic rings. The van der Waals surface area contributed by atoms with Crippen molar-refractivity contribution in [3.05, 3.63) is 110 Å². The fourth-order valence-corrected chi connectivity index (χ4v) is 4.48. The summed E-state index contributed by atoms with van der Waals surface area (Å²) >= 11 is 6.12. The predicted octanol–water partition coefficient (Wildman–Crippen LogP) is 4.73. The Hall–Kier alpha value is -3.61. The highest BCUT2D eigenvalue weighted by Crippen LogP contribution is 2.40. The van der Waals surface area contributed by atoms with Crippen molar-refractivity contribution < 1.29 is 19.1 Å². The van der Waals surface area contributed by atoms with E-state index in [1.54, 1.807) is 49.6 Å². The number of carbonyl (C=O) groups excluding carboxylic acids is 1. The number of hydrogen-bond acceptors (Lipinski definition) is 5. The molecule has 5 rings (SSSR count). The monoisotopic (exact) mass is 461 g/mol. The van der Waals surface area contributed by atoms with E-state index >= 15 is 0 Å². The SMILES string of the molecule is COc1cccc([C@@H]2c3c(oc4ccc(Cl)cc4c3=O)C(=O)N2C[C@@H](O)c2ccccc2)c1. The number of hydrogen-bond donors (Lipinski definition) is 1. The van der Waals surface area contributed by atoms with Crippen LogP contribution >= 0.6 is 11.6 Å². The van der Waals surface area contributed by atoms with Gasteiger partial charge in [-0.25, -0.2) is 0 Å². The molecule has 1 aliphatic heterocycles. The molecule has 1 aromatic heterocycles. The summed E-state index contributed by atoms with van der Waals surface area (Å²) in [6, 6.07) is 20.2. The topological polar surface area (TPSA) is 80.0 Å². The lowest BCUT2D eigenvalue weighted by molar-refractivity contribution is 0.0583. The number of carbonyl (C=O) groups is 1. The molecule has 2 atom stereocenters. The first-order chi connectivity index (χ1) is 16.0. The minimum atomic E-state index is -0.948. The van der Waals surface area contributed by atoms with Crippen LogP contribution in [0.4, 0.5) is 0 Å². The molecule has 1 amide bonds. The maximum atomic E-state index is 13.6. The van der Waals surface area contributed by atoms with Crippen LogP contribution in [0.1, 0.15) is 39.4 Å². The highest BCUT2D eigenvalue weighted by molar-refractivity contribution is 6.31. The van der Waals surface area contributed by atoms with Gasteiger partial charge in [-0.15, -0.1) is 0 Å². The number of aliphatic hydroxyl groups is 1. The van der Waals surface area contributed by atoms with Crippen molar-refractivity contribution in [3.63, 3.8) is 0 Å². The maximum absolute atomic E-state index is 13.6. The standard InChI is InChI=1S/C26H20ClNO5/c1-32-18-9-5-8-16(12-18)23-22-24(30)19-13-17(27)10-11-21(19)33-25(22)26(31)28(23)14-20(29)15-6-3-2-4-7-15/h2-13,20,23,29H,14H2,1H3/t20-,23-/m1/s1. The van der Waals surface area contributed by atoms with Crippen molar-refractivity contribution in [2.75, 3.05) is 13.7 Å². The molecule has 0 fully saturated rings. The molecule has 33 heavy (non-hydrogen) atoms. The zero-order chi connectivity index (χ0) is 23.1. The first-order valence-electron chi connectivity index (χ1n) is 10.4. The fraction of sp³-hybridized carbons (Fsp3) is 0.154. The molecule has 0 saturated carbocycles. The maximum Gasteiger partial charge on any atom is 0.291 e. The fourth-order valence-electron chi connectivity index (χ4n) is 4.31. The Kier molecular flexibility index (Phi) is 5.40. The van der Waals surface area contributed by atoms with Crippen molar-refractivity contribution in [1.29, 1.82) is 0 Å². The van der Waals surface area contributed by atoms with E-state index in [9.17, 15) is 14.7 Å². The number of nitrogens with zero attached hydrogens (tertiary/aromatic N) is 1. The molecule has 6 nitrogen and oxygen atoms in total. The van der Waals surface area contributed by atoms with Crippen LogP contribution < -0.4 is 10.2 Å². The Morgan fingerprint density at radius 3 is 2.61 bits per heavy atom. The summed E-state index contributed by atoms with van der Waals surface area (Å²) in [5.41, 5.74) is 1.53. The van der Waals surface area contributed by atoms with Crippen LogP contribution in [0, 0.1) is 0 Å². The molecule has 2 heterocycles. The van der Waals surface area contributed by atoms with Crippen LogP contribution in [0.5, 0.6) is 5.75 Å². The van der Waals surface area contributed by atoms with Gasteiger partial charge < -0.3 is 19.2 Å². The minimum absolute atomic E-state index is 0.0224. The number of ether oxygens (including phenoxy) is 1. The second-order valence-corrected chi connectivity index (χ2v) is 8.31. The molecule has 0 bridgehead atoms. The largest absolute Gasteiger partial charge is 0.497 e. The summed E-state index contributed by atoms with van der Waals surface area (Å²) < 4.78 is 11.3. The quantitative estimate of drug-likeness (QED) is 0.464. The second kappa shape index (κ2) is 8.39. The number of methoxy groups -OCH3 is 1. The summed E-state index contributed by atoms with van der Waals surface area (Å²) in [7, 11) is 1.55. The second-order valence-electron chi connectivity index (χ2n) is 7.88. The van der Waals surface area contributed by atoms with Gasteiger partial charge in [-0.05, 0) is 41.5 Å². The van der Waals surface area contributed by atoms with Gasteiger partial charge in [0.05, 0.1) is 36.8 Å². The van der Waals surface area contributed by atoms with Gasteiger partial charge in [-0.3, -0.25) is 9.59 Å². The Morgan fingerprint density at radius 2 is 1.85 bits per heavy atom. The summed E-state index contributed by atoms with van der Waals surface area (Å²) in [6.07, 6.45) is -0.948. The lowest BCUT2D eigenvalue weighted by Gasteiger charge is -2.27. The zero-order valence-corrected chi connectivity index (χ0v) is 18.5. The van der Waals surface area contributed by atoms with E-state index in [-0.39, 0.29) is 28.9 Å². The summed E-state index contributed by atoms with van der Waals surface area (Å²) in [5, 5.41) is 11.6. The van der Waals surface area contributed by atoms with E-state index in [0.29, 0.717) is 27.3 Å². The number of aliphatic hydroxyl groups excluding tert-OH is 1. The number of halogens is 1. The molecular weight excluding hydrogens is 442 g/mol.